The number of ketones is 1. The molecule has 0 heterocycles. The number of hydrogen-bond acceptors (Lipinski definition) is 3. The van der Waals surface area contributed by atoms with Gasteiger partial charge in [-0.1, -0.05) is 6.07 Å². The maximum Gasteiger partial charge on any atom is 0.446 e. The van der Waals surface area contributed by atoms with Gasteiger partial charge in [-0.15, -0.1) is 11.6 Å². The third kappa shape index (κ3) is 4.95. The Morgan fingerprint density at radius 2 is 2.11 bits per heavy atom. The Morgan fingerprint density at radius 3 is 2.58 bits per heavy atom. The maximum atomic E-state index is 12.5. The van der Waals surface area contributed by atoms with Gasteiger partial charge in [0.25, 0.3) is 0 Å². The van der Waals surface area contributed by atoms with Crippen LogP contribution in [0, 0.1) is 0 Å². The Balaban J connectivity index is 3.14. The first-order valence-corrected chi connectivity index (χ1v) is 6.67. The van der Waals surface area contributed by atoms with E-state index < -0.39 is 10.9 Å². The van der Waals surface area contributed by atoms with E-state index in [1.165, 1.54) is 25.1 Å². The van der Waals surface area contributed by atoms with Crippen molar-refractivity contribution in [3.8, 4) is 5.75 Å². The Hall–Kier alpha value is -0.880. The van der Waals surface area contributed by atoms with Crippen molar-refractivity contribution in [1.29, 1.82) is 0 Å². The first kappa shape index (κ1) is 16.2. The topological polar surface area (TPSA) is 26.3 Å². The van der Waals surface area contributed by atoms with E-state index in [2.05, 4.69) is 0 Å². The van der Waals surface area contributed by atoms with Crippen LogP contribution in [0.15, 0.2) is 23.1 Å². The molecule has 0 aliphatic heterocycles. The van der Waals surface area contributed by atoms with Gasteiger partial charge in [0.1, 0.15) is 11.1 Å². The van der Waals surface area contributed by atoms with Gasteiger partial charge in [0.05, 0.1) is 11.5 Å². The fraction of sp³-hybridized carbons (Fsp3) is 0.417. The summed E-state index contributed by atoms with van der Waals surface area (Å²) in [5, 5.41) is -0.955. The molecule has 1 atom stereocenters. The summed E-state index contributed by atoms with van der Waals surface area (Å²) in [5.74, 6) is -0.199. The summed E-state index contributed by atoms with van der Waals surface area (Å²) in [6, 6.07) is 4.12. The van der Waals surface area contributed by atoms with Crippen molar-refractivity contribution >= 4 is 29.1 Å². The van der Waals surface area contributed by atoms with Crippen LogP contribution < -0.4 is 4.74 Å². The summed E-state index contributed by atoms with van der Waals surface area (Å²) < 4.78 is 42.5. The summed E-state index contributed by atoms with van der Waals surface area (Å²) in [6.07, 6.45) is 0. The molecule has 0 spiro atoms. The van der Waals surface area contributed by atoms with Crippen molar-refractivity contribution in [2.24, 2.45) is 0 Å². The van der Waals surface area contributed by atoms with Crippen LogP contribution in [0.1, 0.15) is 24.8 Å². The highest BCUT2D eigenvalue weighted by Gasteiger charge is 2.31. The molecule has 0 saturated carbocycles. The van der Waals surface area contributed by atoms with Crippen LogP contribution in [-0.2, 0) is 4.79 Å². The number of Topliss-reactive ketones (excluding diaryl/α,β-unsaturated/α-hetero) is 1. The maximum absolute atomic E-state index is 12.5. The van der Waals surface area contributed by atoms with Gasteiger partial charge >= 0.3 is 5.51 Å². The van der Waals surface area contributed by atoms with Crippen molar-refractivity contribution in [1.82, 2.24) is 0 Å². The SMILES string of the molecule is CCOc1ccc(C(Cl)C(C)=O)cc1SC(F)(F)F. The zero-order valence-electron chi connectivity index (χ0n) is 10.3. The largest absolute Gasteiger partial charge is 0.493 e. The van der Waals surface area contributed by atoms with Crippen LogP contribution in [0.3, 0.4) is 0 Å². The average molecular weight is 313 g/mol. The lowest BCUT2D eigenvalue weighted by Crippen LogP contribution is -2.05. The van der Waals surface area contributed by atoms with Crippen LogP contribution in [0.5, 0.6) is 5.75 Å². The molecule has 0 bridgehead atoms. The molecule has 7 heteroatoms. The zero-order chi connectivity index (χ0) is 14.6. The predicted molar refractivity (Wildman–Crippen MR) is 68.8 cm³/mol. The number of carbonyl (C=O) groups excluding carboxylic acids is 1. The van der Waals surface area contributed by atoms with E-state index in [0.29, 0.717) is 5.56 Å². The lowest BCUT2D eigenvalue weighted by molar-refractivity contribution is -0.116. The van der Waals surface area contributed by atoms with Crippen molar-refractivity contribution in [2.75, 3.05) is 6.61 Å². The third-order valence-corrected chi connectivity index (χ3v) is 3.47. The lowest BCUT2D eigenvalue weighted by atomic mass is 10.1. The summed E-state index contributed by atoms with van der Waals surface area (Å²) in [7, 11) is 0. The summed E-state index contributed by atoms with van der Waals surface area (Å²) in [4.78, 5) is 11.1. The second-order valence-electron chi connectivity index (χ2n) is 3.66. The van der Waals surface area contributed by atoms with Crippen LogP contribution in [0.2, 0.25) is 0 Å². The predicted octanol–water partition coefficient (Wildman–Crippen LogP) is 4.57. The van der Waals surface area contributed by atoms with Crippen LogP contribution in [0.25, 0.3) is 0 Å². The number of rotatable bonds is 5. The van der Waals surface area contributed by atoms with Crippen LogP contribution in [-0.4, -0.2) is 17.9 Å². The standard InChI is InChI=1S/C12H12ClF3O2S/c1-3-18-9-5-4-8(11(13)7(2)17)6-10(9)19-12(14,15)16/h4-6,11H,3H2,1-2H3. The molecule has 106 valence electrons. The Labute approximate surface area is 118 Å². The van der Waals surface area contributed by atoms with Gasteiger partial charge in [0.2, 0.25) is 0 Å². The van der Waals surface area contributed by atoms with E-state index in [-0.39, 0.29) is 34.8 Å². The molecule has 0 N–H and O–H groups in total. The van der Waals surface area contributed by atoms with Crippen molar-refractivity contribution in [3.63, 3.8) is 0 Å². The van der Waals surface area contributed by atoms with Gasteiger partial charge in [-0.05, 0) is 43.3 Å². The second kappa shape index (κ2) is 6.52. The molecule has 2 nitrogen and oxygen atoms in total. The minimum Gasteiger partial charge on any atom is -0.493 e. The number of ether oxygens (including phenoxy) is 1. The molecule has 0 amide bonds. The Morgan fingerprint density at radius 1 is 1.47 bits per heavy atom. The first-order valence-electron chi connectivity index (χ1n) is 5.41. The molecular weight excluding hydrogens is 301 g/mol. The molecule has 1 aromatic carbocycles. The van der Waals surface area contributed by atoms with E-state index in [0.717, 1.165) is 0 Å². The van der Waals surface area contributed by atoms with E-state index in [1.807, 2.05) is 0 Å². The quantitative estimate of drug-likeness (QED) is 0.588. The Kier molecular flexibility index (Phi) is 5.55. The number of benzene rings is 1. The molecular formula is C12H12ClF3O2S. The highest BCUT2D eigenvalue weighted by molar-refractivity contribution is 8.00. The summed E-state index contributed by atoms with van der Waals surface area (Å²) in [6.45, 7) is 3.21. The van der Waals surface area contributed by atoms with E-state index in [9.17, 15) is 18.0 Å². The number of carbonyl (C=O) groups is 1. The summed E-state index contributed by atoms with van der Waals surface area (Å²) in [5.41, 5.74) is -4.10. The van der Waals surface area contributed by atoms with Crippen LogP contribution in [0.4, 0.5) is 13.2 Å². The van der Waals surface area contributed by atoms with E-state index in [4.69, 9.17) is 16.3 Å². The van der Waals surface area contributed by atoms with Gasteiger partial charge in [0.15, 0.2) is 5.78 Å². The molecule has 1 aromatic rings. The van der Waals surface area contributed by atoms with E-state index >= 15 is 0 Å². The molecule has 0 saturated heterocycles. The number of hydrogen-bond donors (Lipinski definition) is 0. The third-order valence-electron chi connectivity index (χ3n) is 2.14. The number of thioether (sulfide) groups is 1. The molecule has 1 rings (SSSR count). The molecule has 0 fully saturated rings. The molecule has 0 aromatic heterocycles. The fourth-order valence-electron chi connectivity index (χ4n) is 1.40. The molecule has 0 radical (unpaired) electrons. The average Bonchev–Trinajstić information content (AvgIpc) is 2.28. The van der Waals surface area contributed by atoms with Crippen molar-refractivity contribution < 1.29 is 22.7 Å². The second-order valence-corrected chi connectivity index (χ2v) is 5.20. The molecule has 19 heavy (non-hydrogen) atoms. The zero-order valence-corrected chi connectivity index (χ0v) is 11.8. The van der Waals surface area contributed by atoms with Crippen molar-refractivity contribution in [2.45, 2.75) is 29.6 Å². The van der Waals surface area contributed by atoms with Gasteiger partial charge < -0.3 is 4.74 Å². The van der Waals surface area contributed by atoms with Gasteiger partial charge in [0, 0.05) is 0 Å². The molecule has 0 aliphatic rings. The number of halogens is 4. The van der Waals surface area contributed by atoms with E-state index in [1.54, 1.807) is 6.92 Å². The normalized spacial score (nSPS) is 13.2. The smallest absolute Gasteiger partial charge is 0.446 e. The van der Waals surface area contributed by atoms with Gasteiger partial charge in [-0.2, -0.15) is 13.2 Å². The monoisotopic (exact) mass is 312 g/mol. The minimum absolute atomic E-state index is 0.0984. The summed E-state index contributed by atoms with van der Waals surface area (Å²) >= 11 is 5.55. The molecule has 1 unspecified atom stereocenters. The van der Waals surface area contributed by atoms with Crippen LogP contribution >= 0.6 is 23.4 Å². The highest BCUT2D eigenvalue weighted by Crippen LogP contribution is 2.42. The molecule has 0 aliphatic carbocycles. The number of alkyl halides is 4. The van der Waals surface area contributed by atoms with Crippen molar-refractivity contribution in [3.05, 3.63) is 23.8 Å². The highest BCUT2D eigenvalue weighted by atomic mass is 35.5. The lowest BCUT2D eigenvalue weighted by Gasteiger charge is -2.14. The first-order chi connectivity index (χ1) is 8.74. The fourth-order valence-corrected chi connectivity index (χ4v) is 2.20. The van der Waals surface area contributed by atoms with Gasteiger partial charge in [-0.25, -0.2) is 0 Å². The Bertz CT molecular complexity index is 463. The van der Waals surface area contributed by atoms with Gasteiger partial charge in [-0.3, -0.25) is 4.79 Å². The minimum atomic E-state index is -4.43.